The molecule has 0 bridgehead atoms. The molecule has 1 atom stereocenters. The predicted molar refractivity (Wildman–Crippen MR) is 134 cm³/mol. The Morgan fingerprint density at radius 2 is 1.79 bits per heavy atom. The van der Waals surface area contributed by atoms with Crippen molar-refractivity contribution < 1.29 is 9.53 Å². The molecule has 1 unspecified atom stereocenters. The number of aromatic nitrogens is 2. The van der Waals surface area contributed by atoms with Gasteiger partial charge in [0.2, 0.25) is 5.91 Å². The van der Waals surface area contributed by atoms with Crippen molar-refractivity contribution in [3.63, 3.8) is 0 Å². The van der Waals surface area contributed by atoms with Crippen LogP contribution in [0.4, 0.5) is 5.69 Å². The number of para-hydroxylation sites is 3. The average molecular weight is 460 g/mol. The first-order chi connectivity index (χ1) is 15.9. The number of anilines is 1. The predicted octanol–water partition coefficient (Wildman–Crippen LogP) is 5.13. The summed E-state index contributed by atoms with van der Waals surface area (Å²) in [6.45, 7) is 5.78. The Balaban J connectivity index is 1.75. The van der Waals surface area contributed by atoms with Gasteiger partial charge in [0.05, 0.1) is 29.0 Å². The monoisotopic (exact) mass is 459 g/mol. The molecule has 1 N–H and O–H groups in total. The second-order valence-electron chi connectivity index (χ2n) is 7.79. The van der Waals surface area contributed by atoms with Crippen LogP contribution in [0, 0.1) is 13.8 Å². The molecule has 0 aliphatic carbocycles. The molecule has 0 aliphatic rings. The highest BCUT2D eigenvalue weighted by Crippen LogP contribution is 2.29. The number of carbonyl (C=O) groups is 1. The van der Waals surface area contributed by atoms with Gasteiger partial charge in [-0.25, -0.2) is 4.98 Å². The maximum atomic E-state index is 13.5. The van der Waals surface area contributed by atoms with E-state index in [2.05, 4.69) is 5.32 Å². The Kier molecular flexibility index (Phi) is 6.51. The van der Waals surface area contributed by atoms with E-state index < -0.39 is 5.25 Å². The van der Waals surface area contributed by atoms with Gasteiger partial charge in [-0.15, -0.1) is 0 Å². The van der Waals surface area contributed by atoms with Crippen molar-refractivity contribution in [3.8, 4) is 11.4 Å². The van der Waals surface area contributed by atoms with Crippen LogP contribution in [-0.2, 0) is 4.79 Å². The summed E-state index contributed by atoms with van der Waals surface area (Å²) in [5.74, 6) is 0.381. The maximum absolute atomic E-state index is 13.5. The van der Waals surface area contributed by atoms with Crippen molar-refractivity contribution in [1.82, 2.24) is 9.55 Å². The highest BCUT2D eigenvalue weighted by molar-refractivity contribution is 8.00. The van der Waals surface area contributed by atoms with Crippen LogP contribution < -0.4 is 15.6 Å². The third kappa shape index (κ3) is 4.64. The number of nitrogens with zero attached hydrogens (tertiary/aromatic N) is 2. The third-order valence-corrected chi connectivity index (χ3v) is 6.41. The Hall–Kier alpha value is -3.58. The van der Waals surface area contributed by atoms with E-state index in [1.54, 1.807) is 38.3 Å². The van der Waals surface area contributed by atoms with Crippen LogP contribution in [0.25, 0.3) is 16.6 Å². The third-order valence-electron chi connectivity index (χ3n) is 5.36. The molecule has 33 heavy (non-hydrogen) atoms. The van der Waals surface area contributed by atoms with Gasteiger partial charge >= 0.3 is 0 Å². The number of amides is 1. The molecule has 168 valence electrons. The molecule has 1 aromatic heterocycles. The number of aryl methyl sites for hydroxylation is 2. The molecule has 3 aromatic carbocycles. The average Bonchev–Trinajstić information content (AvgIpc) is 2.81. The molecule has 6 nitrogen and oxygen atoms in total. The molecule has 0 spiro atoms. The quantitative estimate of drug-likeness (QED) is 0.320. The second kappa shape index (κ2) is 9.50. The molecule has 1 amide bonds. The molecule has 4 rings (SSSR count). The lowest BCUT2D eigenvalue weighted by Crippen LogP contribution is -2.26. The van der Waals surface area contributed by atoms with E-state index in [1.807, 2.05) is 56.3 Å². The van der Waals surface area contributed by atoms with Crippen LogP contribution in [0.2, 0.25) is 0 Å². The maximum Gasteiger partial charge on any atom is 0.266 e. The molecule has 0 saturated heterocycles. The van der Waals surface area contributed by atoms with E-state index >= 15 is 0 Å². The molecule has 0 fully saturated rings. The first-order valence-corrected chi connectivity index (χ1v) is 11.5. The Morgan fingerprint density at radius 1 is 1.06 bits per heavy atom. The number of hydrogen-bond acceptors (Lipinski definition) is 5. The molecular weight excluding hydrogens is 434 g/mol. The Morgan fingerprint density at radius 3 is 2.55 bits per heavy atom. The van der Waals surface area contributed by atoms with E-state index in [1.165, 1.54) is 16.3 Å². The number of thioether (sulfide) groups is 1. The summed E-state index contributed by atoms with van der Waals surface area (Å²) in [7, 11) is 1.56. The molecule has 1 heterocycles. The number of nitrogens with one attached hydrogen (secondary N) is 1. The van der Waals surface area contributed by atoms with Gasteiger partial charge in [-0.05, 0) is 56.7 Å². The summed E-state index contributed by atoms with van der Waals surface area (Å²) in [4.78, 5) is 31.2. The summed E-state index contributed by atoms with van der Waals surface area (Å²) in [6.07, 6.45) is 0. The zero-order valence-electron chi connectivity index (χ0n) is 19.0. The van der Waals surface area contributed by atoms with Crippen LogP contribution in [0.5, 0.6) is 5.75 Å². The zero-order chi connectivity index (χ0) is 23.5. The molecular formula is C26H25N3O3S. The van der Waals surface area contributed by atoms with Crippen molar-refractivity contribution in [3.05, 3.63) is 88.2 Å². The van der Waals surface area contributed by atoms with Gasteiger partial charge in [-0.3, -0.25) is 14.2 Å². The number of rotatable bonds is 6. The first-order valence-electron chi connectivity index (χ1n) is 10.6. The van der Waals surface area contributed by atoms with Crippen LogP contribution in [0.3, 0.4) is 0 Å². The fraction of sp³-hybridized carbons (Fsp3) is 0.192. The van der Waals surface area contributed by atoms with E-state index in [0.29, 0.717) is 27.5 Å². The van der Waals surface area contributed by atoms with E-state index in [4.69, 9.17) is 9.72 Å². The topological polar surface area (TPSA) is 73.2 Å². The van der Waals surface area contributed by atoms with Crippen LogP contribution >= 0.6 is 11.8 Å². The number of fused-ring (bicyclic) bond motifs is 1. The van der Waals surface area contributed by atoms with Crippen molar-refractivity contribution in [1.29, 1.82) is 0 Å². The minimum atomic E-state index is -0.500. The summed E-state index contributed by atoms with van der Waals surface area (Å²) >= 11 is 1.23. The Bertz CT molecular complexity index is 1400. The normalized spacial score (nSPS) is 11.9. The summed E-state index contributed by atoms with van der Waals surface area (Å²) in [6, 6.07) is 20.4. The van der Waals surface area contributed by atoms with E-state index in [-0.39, 0.29) is 11.5 Å². The van der Waals surface area contributed by atoms with E-state index in [0.717, 1.165) is 16.8 Å². The minimum Gasteiger partial charge on any atom is -0.495 e. The first kappa shape index (κ1) is 22.6. The van der Waals surface area contributed by atoms with Gasteiger partial charge in [-0.1, -0.05) is 53.7 Å². The number of carbonyl (C=O) groups excluding carboxylic acids is 1. The Labute approximate surface area is 196 Å². The lowest BCUT2D eigenvalue weighted by atomic mass is 10.1. The van der Waals surface area contributed by atoms with Crippen molar-refractivity contribution >= 4 is 34.3 Å². The number of methoxy groups -OCH3 is 1. The summed E-state index contributed by atoms with van der Waals surface area (Å²) in [5, 5.41) is 3.41. The number of benzene rings is 3. The van der Waals surface area contributed by atoms with Gasteiger partial charge in [0.25, 0.3) is 5.56 Å². The van der Waals surface area contributed by atoms with Crippen LogP contribution in [0.1, 0.15) is 18.1 Å². The molecule has 7 heteroatoms. The van der Waals surface area contributed by atoms with Crippen LogP contribution in [-0.4, -0.2) is 27.8 Å². The fourth-order valence-electron chi connectivity index (χ4n) is 3.62. The highest BCUT2D eigenvalue weighted by Gasteiger charge is 2.22. The second-order valence-corrected chi connectivity index (χ2v) is 9.10. The van der Waals surface area contributed by atoms with Crippen LogP contribution in [0.15, 0.2) is 76.7 Å². The van der Waals surface area contributed by atoms with Gasteiger partial charge < -0.3 is 10.1 Å². The molecule has 4 aromatic rings. The van der Waals surface area contributed by atoms with E-state index in [9.17, 15) is 9.59 Å². The summed E-state index contributed by atoms with van der Waals surface area (Å²) < 4.78 is 7.02. The van der Waals surface area contributed by atoms with Crippen molar-refractivity contribution in [2.45, 2.75) is 31.2 Å². The largest absolute Gasteiger partial charge is 0.495 e. The molecule has 0 radical (unpaired) electrons. The fourth-order valence-corrected chi connectivity index (χ4v) is 4.54. The number of hydrogen-bond donors (Lipinski definition) is 1. The van der Waals surface area contributed by atoms with Crippen molar-refractivity contribution in [2.24, 2.45) is 0 Å². The lowest BCUT2D eigenvalue weighted by molar-refractivity contribution is -0.115. The molecule has 0 saturated carbocycles. The van der Waals surface area contributed by atoms with Crippen molar-refractivity contribution in [2.75, 3.05) is 12.4 Å². The lowest BCUT2D eigenvalue weighted by Gasteiger charge is -2.18. The standard InChI is InChI=1S/C26H25N3O3S/c1-16-13-14-20(17(2)15-16)27-24(30)18(3)33-26-28-21-10-6-5-9-19(21)25(31)29(26)22-11-7-8-12-23(22)32-4/h5-15,18H,1-4H3,(H,27,30). The zero-order valence-corrected chi connectivity index (χ0v) is 19.8. The molecule has 0 aliphatic heterocycles. The smallest absolute Gasteiger partial charge is 0.266 e. The van der Waals surface area contributed by atoms with Gasteiger partial charge in [0, 0.05) is 5.69 Å². The van der Waals surface area contributed by atoms with Gasteiger partial charge in [-0.2, -0.15) is 0 Å². The number of ether oxygens (including phenoxy) is 1. The SMILES string of the molecule is COc1ccccc1-n1c(SC(C)C(=O)Nc2ccc(C)cc2C)nc2ccccc2c1=O. The summed E-state index contributed by atoms with van der Waals surface area (Å²) in [5.41, 5.74) is 3.84. The minimum absolute atomic E-state index is 0.166. The van der Waals surface area contributed by atoms with Gasteiger partial charge in [0.15, 0.2) is 5.16 Å². The highest BCUT2D eigenvalue weighted by atomic mass is 32.2. The van der Waals surface area contributed by atoms with Gasteiger partial charge in [0.1, 0.15) is 5.75 Å².